The number of aliphatic hydroxyl groups excluding tert-OH is 1. The number of aliphatic hydroxyl groups is 1. The van der Waals surface area contributed by atoms with Gasteiger partial charge in [0.1, 0.15) is 17.2 Å². The predicted molar refractivity (Wildman–Crippen MR) is 130 cm³/mol. The van der Waals surface area contributed by atoms with Crippen molar-refractivity contribution in [3.8, 4) is 0 Å². The number of thiazole rings is 1. The fraction of sp³-hybridized carbons (Fsp3) is 0.154. The summed E-state index contributed by atoms with van der Waals surface area (Å²) in [7, 11) is 0. The zero-order valence-corrected chi connectivity index (χ0v) is 19.5. The predicted octanol–water partition coefficient (Wildman–Crippen LogP) is 4.73. The van der Waals surface area contributed by atoms with Gasteiger partial charge in [0.05, 0.1) is 17.3 Å². The Bertz CT molecular complexity index is 1310. The van der Waals surface area contributed by atoms with Crippen LogP contribution in [0.2, 0.25) is 0 Å². The first-order valence-corrected chi connectivity index (χ1v) is 11.3. The third-order valence-corrected chi connectivity index (χ3v) is 6.53. The molecule has 1 aromatic heterocycles. The second-order valence-corrected chi connectivity index (χ2v) is 8.72. The molecule has 1 fully saturated rings. The number of carbonyl (C=O) groups excluding carboxylic acids is 3. The van der Waals surface area contributed by atoms with Crippen molar-refractivity contribution in [1.29, 1.82) is 0 Å². The van der Waals surface area contributed by atoms with E-state index in [4.69, 9.17) is 4.74 Å². The van der Waals surface area contributed by atoms with E-state index in [1.54, 1.807) is 49.4 Å². The van der Waals surface area contributed by atoms with E-state index in [9.17, 15) is 19.5 Å². The van der Waals surface area contributed by atoms with Gasteiger partial charge in [0.25, 0.3) is 5.78 Å². The van der Waals surface area contributed by atoms with Gasteiger partial charge in [-0.3, -0.25) is 14.5 Å². The minimum atomic E-state index is -0.914. The first kappa shape index (κ1) is 23.1. The van der Waals surface area contributed by atoms with Crippen LogP contribution in [0.15, 0.2) is 72.8 Å². The zero-order chi connectivity index (χ0) is 24.4. The maximum atomic E-state index is 13.2. The SMILES string of the molecule is C=CCOC(=O)c1sc(N2C(=O)C(=O)C(=C(O)c3ccccc3)[C@H]2c2ccc(C)cc2)nc1C. The zero-order valence-electron chi connectivity index (χ0n) is 18.6. The summed E-state index contributed by atoms with van der Waals surface area (Å²) >= 11 is 0.961. The largest absolute Gasteiger partial charge is 0.507 e. The van der Waals surface area contributed by atoms with Crippen molar-refractivity contribution in [3.63, 3.8) is 0 Å². The number of esters is 1. The summed E-state index contributed by atoms with van der Waals surface area (Å²) in [5, 5.41) is 11.3. The second-order valence-electron chi connectivity index (χ2n) is 7.74. The molecule has 0 radical (unpaired) electrons. The van der Waals surface area contributed by atoms with Gasteiger partial charge in [0, 0.05) is 5.56 Å². The van der Waals surface area contributed by atoms with Gasteiger partial charge in [-0.2, -0.15) is 0 Å². The lowest BCUT2D eigenvalue weighted by Gasteiger charge is -2.23. The molecule has 3 aromatic rings. The molecule has 0 aliphatic carbocycles. The Morgan fingerprint density at radius 3 is 2.47 bits per heavy atom. The normalized spacial score (nSPS) is 17.1. The Hall–Kier alpha value is -4.04. The lowest BCUT2D eigenvalue weighted by atomic mass is 9.95. The molecule has 7 nitrogen and oxygen atoms in total. The van der Waals surface area contributed by atoms with Gasteiger partial charge in [-0.25, -0.2) is 9.78 Å². The second kappa shape index (κ2) is 9.44. The molecule has 0 spiro atoms. The summed E-state index contributed by atoms with van der Waals surface area (Å²) in [6.07, 6.45) is 1.45. The summed E-state index contributed by atoms with van der Waals surface area (Å²) in [5.41, 5.74) is 2.39. The number of benzene rings is 2. The molecule has 2 aromatic carbocycles. The van der Waals surface area contributed by atoms with Crippen molar-refractivity contribution >= 4 is 39.9 Å². The van der Waals surface area contributed by atoms with E-state index in [-0.39, 0.29) is 27.9 Å². The third-order valence-electron chi connectivity index (χ3n) is 5.39. The first-order chi connectivity index (χ1) is 16.3. The van der Waals surface area contributed by atoms with Crippen LogP contribution in [0.25, 0.3) is 5.76 Å². The van der Waals surface area contributed by atoms with Crippen LogP contribution in [0.5, 0.6) is 0 Å². The Labute approximate surface area is 200 Å². The number of carbonyl (C=O) groups is 3. The van der Waals surface area contributed by atoms with Crippen LogP contribution in [0.4, 0.5) is 5.13 Å². The van der Waals surface area contributed by atoms with Crippen LogP contribution < -0.4 is 4.90 Å². The molecule has 1 amide bonds. The Morgan fingerprint density at radius 2 is 1.82 bits per heavy atom. The molecule has 1 aliphatic rings. The molecule has 172 valence electrons. The molecule has 0 unspecified atom stereocenters. The van der Waals surface area contributed by atoms with E-state index in [0.717, 1.165) is 16.9 Å². The molecule has 8 heteroatoms. The number of aryl methyl sites for hydroxylation is 2. The molecule has 1 aliphatic heterocycles. The number of rotatable bonds is 6. The number of ether oxygens (including phenoxy) is 1. The molecule has 0 saturated carbocycles. The van der Waals surface area contributed by atoms with Crippen molar-refractivity contribution in [2.24, 2.45) is 0 Å². The van der Waals surface area contributed by atoms with Gasteiger partial charge in [-0.05, 0) is 19.4 Å². The average molecular weight is 475 g/mol. The number of hydrogen-bond acceptors (Lipinski definition) is 7. The van der Waals surface area contributed by atoms with E-state index in [2.05, 4.69) is 11.6 Å². The molecule has 1 N–H and O–H groups in total. The van der Waals surface area contributed by atoms with Gasteiger partial charge >= 0.3 is 11.9 Å². The summed E-state index contributed by atoms with van der Waals surface area (Å²) in [6.45, 7) is 7.12. The van der Waals surface area contributed by atoms with E-state index in [1.165, 1.54) is 11.0 Å². The number of ketones is 1. The molecule has 34 heavy (non-hydrogen) atoms. The average Bonchev–Trinajstić information content (AvgIpc) is 3.35. The molecular weight excluding hydrogens is 452 g/mol. The van der Waals surface area contributed by atoms with Crippen LogP contribution in [0, 0.1) is 13.8 Å². The monoisotopic (exact) mass is 474 g/mol. The van der Waals surface area contributed by atoms with Crippen LogP contribution >= 0.6 is 11.3 Å². The highest BCUT2D eigenvalue weighted by atomic mass is 32.1. The standard InChI is InChI=1S/C26H22N2O5S/c1-4-14-33-25(32)23-16(3)27-26(34-23)28-20(17-12-10-15(2)11-13-17)19(22(30)24(28)31)21(29)18-8-6-5-7-9-18/h4-13,20,29H,1,14H2,2-3H3/t20-/m1/s1. The topological polar surface area (TPSA) is 96.8 Å². The van der Waals surface area contributed by atoms with Crippen LogP contribution in [0.3, 0.4) is 0 Å². The number of Topliss-reactive ketones (excluding diaryl/α,β-unsaturated/α-hetero) is 1. The summed E-state index contributed by atoms with van der Waals surface area (Å²) in [6, 6.07) is 15.0. The maximum absolute atomic E-state index is 13.2. The third kappa shape index (κ3) is 4.15. The van der Waals surface area contributed by atoms with Crippen molar-refractivity contribution in [2.45, 2.75) is 19.9 Å². The maximum Gasteiger partial charge on any atom is 0.350 e. The molecule has 4 rings (SSSR count). The summed E-state index contributed by atoms with van der Waals surface area (Å²) in [4.78, 5) is 44.7. The molecular formula is C26H22N2O5S. The van der Waals surface area contributed by atoms with Crippen molar-refractivity contribution < 1.29 is 24.2 Å². The fourth-order valence-corrected chi connectivity index (χ4v) is 4.71. The molecule has 1 saturated heterocycles. The van der Waals surface area contributed by atoms with Crippen LogP contribution in [-0.4, -0.2) is 34.4 Å². The van der Waals surface area contributed by atoms with Crippen LogP contribution in [0.1, 0.15) is 38.1 Å². The van der Waals surface area contributed by atoms with Crippen molar-refractivity contribution in [3.05, 3.63) is 100 Å². The highest BCUT2D eigenvalue weighted by molar-refractivity contribution is 7.17. The lowest BCUT2D eigenvalue weighted by molar-refractivity contribution is -0.132. The highest BCUT2D eigenvalue weighted by Crippen LogP contribution is 2.43. The number of amides is 1. The Balaban J connectivity index is 1.88. The number of nitrogens with zero attached hydrogens (tertiary/aromatic N) is 2. The number of hydrogen-bond donors (Lipinski definition) is 1. The minimum Gasteiger partial charge on any atom is -0.507 e. The number of anilines is 1. The Morgan fingerprint density at radius 1 is 1.15 bits per heavy atom. The van der Waals surface area contributed by atoms with Crippen LogP contribution in [-0.2, 0) is 14.3 Å². The van der Waals surface area contributed by atoms with Gasteiger partial charge in [-0.1, -0.05) is 84.2 Å². The van der Waals surface area contributed by atoms with E-state index < -0.39 is 23.7 Å². The summed E-state index contributed by atoms with van der Waals surface area (Å²) in [5.74, 6) is -2.52. The number of aromatic nitrogens is 1. The van der Waals surface area contributed by atoms with Gasteiger partial charge in [0.2, 0.25) is 0 Å². The quantitative estimate of drug-likeness (QED) is 0.182. The first-order valence-electron chi connectivity index (χ1n) is 10.5. The molecule has 1 atom stereocenters. The van der Waals surface area contributed by atoms with E-state index in [1.807, 2.05) is 19.1 Å². The smallest absolute Gasteiger partial charge is 0.350 e. The van der Waals surface area contributed by atoms with E-state index >= 15 is 0 Å². The highest BCUT2D eigenvalue weighted by Gasteiger charge is 2.48. The Kier molecular flexibility index (Phi) is 6.43. The molecule has 0 bridgehead atoms. The van der Waals surface area contributed by atoms with E-state index in [0.29, 0.717) is 16.8 Å². The van der Waals surface area contributed by atoms with Crippen molar-refractivity contribution in [2.75, 3.05) is 11.5 Å². The summed E-state index contributed by atoms with van der Waals surface area (Å²) < 4.78 is 5.12. The van der Waals surface area contributed by atoms with Gasteiger partial charge in [-0.15, -0.1) is 0 Å². The fourth-order valence-electron chi connectivity index (χ4n) is 3.72. The van der Waals surface area contributed by atoms with Crippen molar-refractivity contribution in [1.82, 2.24) is 4.98 Å². The van der Waals surface area contributed by atoms with Gasteiger partial charge in [0.15, 0.2) is 5.13 Å². The minimum absolute atomic E-state index is 0.0382. The molecule has 2 heterocycles. The lowest BCUT2D eigenvalue weighted by Crippen LogP contribution is -2.29. The van der Waals surface area contributed by atoms with Gasteiger partial charge < -0.3 is 9.84 Å².